The molecule has 0 radical (unpaired) electrons. The first-order chi connectivity index (χ1) is 16.9. The monoisotopic (exact) mass is 433 g/mol. The average molecular weight is 433 g/mol. The van der Waals surface area contributed by atoms with Crippen LogP contribution in [0.2, 0.25) is 0 Å². The summed E-state index contributed by atoms with van der Waals surface area (Å²) in [7, 11) is 0. The number of rotatable bonds is 0. The maximum atomic E-state index is 2.72. The van der Waals surface area contributed by atoms with Crippen molar-refractivity contribution in [3.63, 3.8) is 0 Å². The van der Waals surface area contributed by atoms with Crippen LogP contribution in [-0.2, 0) is 6.42 Å². The van der Waals surface area contributed by atoms with E-state index in [2.05, 4.69) is 102 Å². The van der Waals surface area contributed by atoms with E-state index in [9.17, 15) is 0 Å². The van der Waals surface area contributed by atoms with E-state index >= 15 is 0 Å². The Morgan fingerprint density at radius 3 is 2.44 bits per heavy atom. The normalized spacial score (nSPS) is 17.6. The van der Waals surface area contributed by atoms with E-state index in [1.165, 1.54) is 55.3 Å². The summed E-state index contributed by atoms with van der Waals surface area (Å²) in [6.45, 7) is 0.214. The molecule has 0 spiro atoms. The third kappa shape index (κ3) is 2.36. The van der Waals surface area contributed by atoms with Crippen LogP contribution in [0.5, 0.6) is 0 Å². The molecule has 2 heteroatoms. The van der Waals surface area contributed by atoms with Crippen molar-refractivity contribution in [2.75, 3.05) is 4.81 Å². The van der Waals surface area contributed by atoms with Gasteiger partial charge < -0.3 is 4.81 Å². The molecule has 2 heterocycles. The van der Waals surface area contributed by atoms with E-state index in [-0.39, 0.29) is 6.85 Å². The van der Waals surface area contributed by atoms with E-state index < -0.39 is 0 Å². The zero-order valence-electron chi connectivity index (χ0n) is 19.1. The predicted octanol–water partition coefficient (Wildman–Crippen LogP) is 7.08. The number of aryl methyl sites for hydroxylation is 1. The maximum absolute atomic E-state index is 2.72. The van der Waals surface area contributed by atoms with Crippen LogP contribution >= 0.6 is 0 Å². The molecule has 4 aromatic carbocycles. The minimum atomic E-state index is 0.214. The van der Waals surface area contributed by atoms with Crippen LogP contribution in [0, 0.1) is 0 Å². The highest BCUT2D eigenvalue weighted by Gasteiger charge is 2.45. The largest absolute Gasteiger partial charge is 0.375 e. The summed E-state index contributed by atoms with van der Waals surface area (Å²) in [5.41, 5.74) is 14.6. The van der Waals surface area contributed by atoms with Gasteiger partial charge in [-0.1, -0.05) is 97.1 Å². The fourth-order valence-electron chi connectivity index (χ4n) is 6.87. The Morgan fingerprint density at radius 2 is 1.47 bits per heavy atom. The molecular formula is C32H24BN. The molecule has 160 valence electrons. The van der Waals surface area contributed by atoms with Gasteiger partial charge in [0.05, 0.1) is 0 Å². The Bertz CT molecular complexity index is 1620. The van der Waals surface area contributed by atoms with Crippen LogP contribution in [0.15, 0.2) is 114 Å². The highest BCUT2D eigenvalue weighted by Crippen LogP contribution is 2.52. The molecule has 0 bridgehead atoms. The molecule has 0 fully saturated rings. The number of benzene rings is 4. The molecular weight excluding hydrogens is 409 g/mol. The van der Waals surface area contributed by atoms with E-state index in [1.54, 1.807) is 11.1 Å². The summed E-state index contributed by atoms with van der Waals surface area (Å²) in [4.78, 5) is 2.72. The number of hydrogen-bond acceptors (Lipinski definition) is 1. The molecule has 2 aliphatic carbocycles. The number of allylic oxidation sites excluding steroid dienone is 5. The van der Waals surface area contributed by atoms with Gasteiger partial charge >= 0.3 is 6.85 Å². The van der Waals surface area contributed by atoms with Crippen LogP contribution in [0.25, 0.3) is 27.6 Å². The quantitative estimate of drug-likeness (QED) is 0.268. The fraction of sp³-hybridized carbons (Fsp3) is 0.125. The van der Waals surface area contributed by atoms with Crippen molar-refractivity contribution in [2.24, 2.45) is 0 Å². The molecule has 0 N–H and O–H groups in total. The van der Waals surface area contributed by atoms with Gasteiger partial charge in [-0.15, -0.1) is 0 Å². The zero-order chi connectivity index (χ0) is 22.2. The van der Waals surface area contributed by atoms with Gasteiger partial charge in [-0.25, -0.2) is 0 Å². The molecule has 4 aromatic rings. The lowest BCUT2D eigenvalue weighted by molar-refractivity contribution is 0.863. The van der Waals surface area contributed by atoms with Crippen LogP contribution in [-0.4, -0.2) is 6.85 Å². The average Bonchev–Trinajstić information content (AvgIpc) is 2.92. The number of hydrogen-bond donors (Lipinski definition) is 0. The van der Waals surface area contributed by atoms with Crippen molar-refractivity contribution >= 4 is 34.5 Å². The van der Waals surface area contributed by atoms with Gasteiger partial charge in [0.15, 0.2) is 0 Å². The second kappa shape index (κ2) is 6.87. The Labute approximate surface area is 200 Å². The van der Waals surface area contributed by atoms with E-state index in [4.69, 9.17) is 0 Å². The van der Waals surface area contributed by atoms with Gasteiger partial charge in [-0.2, -0.15) is 0 Å². The number of anilines is 1. The predicted molar refractivity (Wildman–Crippen MR) is 144 cm³/mol. The minimum Gasteiger partial charge on any atom is -0.375 e. The third-order valence-corrected chi connectivity index (χ3v) is 8.25. The second-order valence-electron chi connectivity index (χ2n) is 9.90. The standard InChI is InChI=1S/C32H24BN/c1-3-11-23-21(9-1)17-19-27-25-13-5-7-15-29(25)33-30-16-8-6-14-26(30)28-20-18-22-10-2-4-12-24(22)32(28)34(33)31(23)27/h1-5,7-13,15-17,19H,6,14,18,20H2. The summed E-state index contributed by atoms with van der Waals surface area (Å²) < 4.78 is 0. The highest BCUT2D eigenvalue weighted by atomic mass is 15.1. The summed E-state index contributed by atoms with van der Waals surface area (Å²) >= 11 is 0. The Hall–Kier alpha value is -3.78. The van der Waals surface area contributed by atoms with Crippen molar-refractivity contribution in [1.82, 2.24) is 0 Å². The third-order valence-electron chi connectivity index (χ3n) is 8.25. The SMILES string of the molecule is C1=CC2=C(CC1)C1=C(c3ccccc3CC1)N1B2c2ccccc2-c2ccc3ccccc3c21. The fourth-order valence-corrected chi connectivity index (χ4v) is 6.87. The van der Waals surface area contributed by atoms with Gasteiger partial charge in [0, 0.05) is 27.9 Å². The van der Waals surface area contributed by atoms with Crippen LogP contribution < -0.4 is 10.3 Å². The van der Waals surface area contributed by atoms with Gasteiger partial charge in [0.25, 0.3) is 0 Å². The summed E-state index contributed by atoms with van der Waals surface area (Å²) in [6, 6.07) is 31.8. The van der Waals surface area contributed by atoms with Crippen LogP contribution in [0.4, 0.5) is 5.69 Å². The van der Waals surface area contributed by atoms with Gasteiger partial charge in [-0.05, 0) is 64.3 Å². The molecule has 0 saturated heterocycles. The number of fused-ring (bicyclic) bond motifs is 13. The molecule has 0 atom stereocenters. The van der Waals surface area contributed by atoms with E-state index in [0.29, 0.717) is 0 Å². The van der Waals surface area contributed by atoms with Crippen LogP contribution in [0.1, 0.15) is 30.4 Å². The van der Waals surface area contributed by atoms with Crippen molar-refractivity contribution in [3.05, 3.63) is 125 Å². The Morgan fingerprint density at radius 1 is 0.647 bits per heavy atom. The van der Waals surface area contributed by atoms with Gasteiger partial charge in [0.2, 0.25) is 0 Å². The first-order valence-electron chi connectivity index (χ1n) is 12.5. The first kappa shape index (κ1) is 18.6. The van der Waals surface area contributed by atoms with Crippen molar-refractivity contribution in [2.45, 2.75) is 25.7 Å². The summed E-state index contributed by atoms with van der Waals surface area (Å²) in [5.74, 6) is 0. The van der Waals surface area contributed by atoms with Gasteiger partial charge in [-0.3, -0.25) is 0 Å². The van der Waals surface area contributed by atoms with E-state index in [1.807, 2.05) is 0 Å². The van der Waals surface area contributed by atoms with E-state index in [0.717, 1.165) is 25.7 Å². The molecule has 0 saturated carbocycles. The van der Waals surface area contributed by atoms with Crippen molar-refractivity contribution in [3.8, 4) is 11.1 Å². The topological polar surface area (TPSA) is 3.24 Å². The molecule has 4 aliphatic rings. The lowest BCUT2D eigenvalue weighted by Gasteiger charge is -2.48. The molecule has 1 nitrogen and oxygen atoms in total. The lowest BCUT2D eigenvalue weighted by Crippen LogP contribution is -2.55. The summed E-state index contributed by atoms with van der Waals surface area (Å²) in [5, 5.41) is 2.66. The highest BCUT2D eigenvalue weighted by molar-refractivity contribution is 6.88. The maximum Gasteiger partial charge on any atom is 0.329 e. The lowest BCUT2D eigenvalue weighted by atomic mass is 9.41. The smallest absolute Gasteiger partial charge is 0.329 e. The minimum absolute atomic E-state index is 0.214. The molecule has 0 unspecified atom stereocenters. The second-order valence-corrected chi connectivity index (χ2v) is 9.90. The first-order valence-corrected chi connectivity index (χ1v) is 12.5. The molecule has 2 aliphatic heterocycles. The number of nitrogens with zero attached hydrogens (tertiary/aromatic N) is 1. The Balaban J connectivity index is 1.55. The molecule has 8 rings (SSSR count). The Kier molecular flexibility index (Phi) is 3.76. The molecule has 34 heavy (non-hydrogen) atoms. The molecule has 0 aromatic heterocycles. The van der Waals surface area contributed by atoms with Crippen molar-refractivity contribution < 1.29 is 0 Å². The van der Waals surface area contributed by atoms with Crippen LogP contribution in [0.3, 0.4) is 0 Å². The van der Waals surface area contributed by atoms with Gasteiger partial charge in [0.1, 0.15) is 0 Å². The van der Waals surface area contributed by atoms with Crippen molar-refractivity contribution in [1.29, 1.82) is 0 Å². The zero-order valence-corrected chi connectivity index (χ0v) is 19.1. The summed E-state index contributed by atoms with van der Waals surface area (Å²) in [6.07, 6.45) is 9.39. The molecule has 0 amide bonds.